The van der Waals surface area contributed by atoms with Gasteiger partial charge in [-0.15, -0.1) is 4.99 Å². The molecule has 1 atom stereocenters. The lowest BCUT2D eigenvalue weighted by molar-refractivity contribution is -0.140. The summed E-state index contributed by atoms with van der Waals surface area (Å²) in [6.07, 6.45) is -2.48. The normalized spacial score (nSPS) is 12.8. The van der Waals surface area contributed by atoms with E-state index in [0.29, 0.717) is 11.1 Å². The van der Waals surface area contributed by atoms with E-state index in [2.05, 4.69) is 15.3 Å². The molecule has 0 spiro atoms. The number of hydrogen-bond acceptors (Lipinski definition) is 3. The highest BCUT2D eigenvalue weighted by molar-refractivity contribution is 5.96. The van der Waals surface area contributed by atoms with Crippen LogP contribution in [0.1, 0.15) is 45.7 Å². The van der Waals surface area contributed by atoms with Crippen LogP contribution in [-0.2, 0) is 19.8 Å². The van der Waals surface area contributed by atoms with Crippen LogP contribution in [0.4, 0.5) is 26.7 Å². The summed E-state index contributed by atoms with van der Waals surface area (Å²) in [5.41, 5.74) is -1.95. The minimum Gasteiger partial charge on any atom is -0.463 e. The summed E-state index contributed by atoms with van der Waals surface area (Å²) in [4.78, 5) is 31.4. The van der Waals surface area contributed by atoms with Gasteiger partial charge in [-0.1, -0.05) is 18.2 Å². The van der Waals surface area contributed by atoms with E-state index in [4.69, 9.17) is 5.11 Å². The molecule has 13 heteroatoms. The van der Waals surface area contributed by atoms with Crippen LogP contribution in [-0.4, -0.2) is 31.2 Å². The van der Waals surface area contributed by atoms with Gasteiger partial charge in [-0.3, -0.25) is 9.78 Å². The van der Waals surface area contributed by atoms with Crippen LogP contribution in [0, 0.1) is 18.6 Å². The predicted molar refractivity (Wildman–Crippen MR) is 138 cm³/mol. The maximum Gasteiger partial charge on any atom is 0.434 e. The molecule has 0 aliphatic carbocycles. The summed E-state index contributed by atoms with van der Waals surface area (Å²) in [6.45, 7) is 2.98. The van der Waals surface area contributed by atoms with Gasteiger partial charge in [-0.05, 0) is 54.8 Å². The zero-order chi connectivity index (χ0) is 30.1. The fraction of sp³-hybridized carbons (Fsp3) is 0.214. The summed E-state index contributed by atoms with van der Waals surface area (Å²) in [5.74, 6) is -2.58. The number of hydrogen-bond donors (Lipinski definition) is 2. The van der Waals surface area contributed by atoms with Gasteiger partial charge in [0.1, 0.15) is 11.6 Å². The first kappa shape index (κ1) is 29.2. The third-order valence-corrected chi connectivity index (χ3v) is 6.36. The van der Waals surface area contributed by atoms with Crippen molar-refractivity contribution >= 4 is 12.0 Å². The molecule has 4 rings (SSSR count). The van der Waals surface area contributed by atoms with Crippen LogP contribution in [0.5, 0.6) is 0 Å². The molecule has 0 aliphatic heterocycles. The topological polar surface area (TPSA) is 102 Å². The number of benzene rings is 2. The lowest BCUT2D eigenvalue weighted by Crippen LogP contribution is -2.28. The van der Waals surface area contributed by atoms with Crippen molar-refractivity contribution in [2.24, 2.45) is 12.0 Å². The SMILES string of the molecule is Cc1cc([C@H](C)NC(=O)c2cc(Cn3ccn(C)/c3=N\C(=O)O)cc(-c3cccnc3C(F)(F)F)c2F)ccc1F. The van der Waals surface area contributed by atoms with Gasteiger partial charge in [0.05, 0.1) is 18.2 Å². The molecular formula is C28H24F5N5O3. The van der Waals surface area contributed by atoms with Crippen molar-refractivity contribution in [1.29, 1.82) is 0 Å². The Kier molecular flexibility index (Phi) is 8.08. The molecule has 0 fully saturated rings. The Bertz CT molecular complexity index is 1710. The number of carboxylic acid groups (broad SMARTS) is 1. The molecule has 2 aromatic heterocycles. The molecule has 41 heavy (non-hydrogen) atoms. The highest BCUT2D eigenvalue weighted by Gasteiger charge is 2.36. The fourth-order valence-corrected chi connectivity index (χ4v) is 4.35. The first-order valence-corrected chi connectivity index (χ1v) is 12.2. The van der Waals surface area contributed by atoms with E-state index < -0.39 is 58.2 Å². The lowest BCUT2D eigenvalue weighted by Gasteiger charge is -2.18. The molecule has 0 saturated heterocycles. The van der Waals surface area contributed by atoms with Gasteiger partial charge >= 0.3 is 12.3 Å². The number of imidazole rings is 1. The molecule has 2 heterocycles. The summed E-state index contributed by atoms with van der Waals surface area (Å²) in [6, 6.07) is 8.07. The molecule has 2 aromatic carbocycles. The highest BCUT2D eigenvalue weighted by Crippen LogP contribution is 2.37. The summed E-state index contributed by atoms with van der Waals surface area (Å²) in [7, 11) is 1.54. The van der Waals surface area contributed by atoms with Crippen LogP contribution < -0.4 is 10.9 Å². The molecule has 2 N–H and O–H groups in total. The second-order valence-corrected chi connectivity index (χ2v) is 9.34. The first-order chi connectivity index (χ1) is 19.3. The molecule has 0 saturated carbocycles. The van der Waals surface area contributed by atoms with Crippen LogP contribution in [0.25, 0.3) is 11.1 Å². The van der Waals surface area contributed by atoms with E-state index in [0.717, 1.165) is 18.3 Å². The quantitative estimate of drug-likeness (QED) is 0.293. The van der Waals surface area contributed by atoms with E-state index in [-0.39, 0.29) is 17.7 Å². The van der Waals surface area contributed by atoms with Gasteiger partial charge in [-0.25, -0.2) is 13.6 Å². The monoisotopic (exact) mass is 573 g/mol. The number of nitrogens with zero attached hydrogens (tertiary/aromatic N) is 4. The zero-order valence-electron chi connectivity index (χ0n) is 22.0. The van der Waals surface area contributed by atoms with Crippen molar-refractivity contribution < 1.29 is 36.6 Å². The van der Waals surface area contributed by atoms with Crippen molar-refractivity contribution in [2.75, 3.05) is 0 Å². The number of aromatic nitrogens is 3. The number of pyridine rings is 1. The van der Waals surface area contributed by atoms with Crippen molar-refractivity contribution in [1.82, 2.24) is 19.4 Å². The number of aryl methyl sites for hydroxylation is 2. The molecule has 0 radical (unpaired) electrons. The number of amides is 2. The van der Waals surface area contributed by atoms with Crippen LogP contribution in [0.2, 0.25) is 0 Å². The van der Waals surface area contributed by atoms with Gasteiger partial charge < -0.3 is 19.6 Å². The maximum atomic E-state index is 15.9. The average Bonchev–Trinajstić information content (AvgIpc) is 3.23. The number of carbonyl (C=O) groups is 2. The van der Waals surface area contributed by atoms with Crippen LogP contribution >= 0.6 is 0 Å². The van der Waals surface area contributed by atoms with E-state index in [9.17, 15) is 27.2 Å². The van der Waals surface area contributed by atoms with Crippen molar-refractivity contribution in [3.05, 3.63) is 106 Å². The zero-order valence-corrected chi connectivity index (χ0v) is 22.0. The average molecular weight is 574 g/mol. The highest BCUT2D eigenvalue weighted by atomic mass is 19.4. The minimum absolute atomic E-state index is 0.00737. The first-order valence-electron chi connectivity index (χ1n) is 12.2. The number of halogens is 5. The standard InChI is InChI=1S/C28H24F5N5O3/c1-15-11-18(6-7-22(15)29)16(2)35-25(39)21-13-17(14-38-10-9-37(3)26(38)36-27(40)41)12-20(23(21)30)19-5-4-8-34-24(19)28(31,32)33/h4-13,16H,14H2,1-3H3,(H,35,39)(H,40,41)/b36-26+/t16-/m0/s1. The molecular weight excluding hydrogens is 549 g/mol. The van der Waals surface area contributed by atoms with Crippen LogP contribution in [0.3, 0.4) is 0 Å². The number of nitrogens with one attached hydrogen (secondary N) is 1. The van der Waals surface area contributed by atoms with Gasteiger partial charge in [-0.2, -0.15) is 13.2 Å². The molecule has 0 bridgehead atoms. The molecule has 0 unspecified atom stereocenters. The van der Waals surface area contributed by atoms with Gasteiger partial charge in [0.25, 0.3) is 5.91 Å². The Morgan fingerprint density at radius 3 is 2.49 bits per heavy atom. The van der Waals surface area contributed by atoms with E-state index >= 15 is 4.39 Å². The van der Waals surface area contributed by atoms with E-state index in [1.807, 2.05) is 0 Å². The second-order valence-electron chi connectivity index (χ2n) is 9.34. The Morgan fingerprint density at radius 1 is 1.10 bits per heavy atom. The molecule has 2 amide bonds. The lowest BCUT2D eigenvalue weighted by atomic mass is 9.96. The Morgan fingerprint density at radius 2 is 1.83 bits per heavy atom. The van der Waals surface area contributed by atoms with Crippen molar-refractivity contribution in [3.8, 4) is 11.1 Å². The second kappa shape index (κ2) is 11.4. The Hall–Kier alpha value is -4.81. The maximum absolute atomic E-state index is 15.9. The third-order valence-electron chi connectivity index (χ3n) is 6.36. The number of carbonyl (C=O) groups excluding carboxylic acids is 1. The smallest absolute Gasteiger partial charge is 0.434 e. The van der Waals surface area contributed by atoms with E-state index in [1.54, 1.807) is 13.8 Å². The third kappa shape index (κ3) is 6.34. The molecule has 0 aliphatic rings. The Balaban J connectivity index is 1.85. The van der Waals surface area contributed by atoms with E-state index in [1.165, 1.54) is 58.9 Å². The van der Waals surface area contributed by atoms with Crippen LogP contribution in [0.15, 0.2) is 66.0 Å². The predicted octanol–water partition coefficient (Wildman–Crippen LogP) is 5.61. The summed E-state index contributed by atoms with van der Waals surface area (Å²) >= 11 is 0. The largest absolute Gasteiger partial charge is 0.463 e. The number of rotatable bonds is 6. The molecule has 4 aromatic rings. The van der Waals surface area contributed by atoms with Crippen molar-refractivity contribution in [3.63, 3.8) is 0 Å². The van der Waals surface area contributed by atoms with Crippen molar-refractivity contribution in [2.45, 2.75) is 32.6 Å². The summed E-state index contributed by atoms with van der Waals surface area (Å²) in [5, 5.41) is 11.7. The molecule has 8 nitrogen and oxygen atoms in total. The minimum atomic E-state index is -4.92. The molecule has 214 valence electrons. The number of alkyl halides is 3. The van der Waals surface area contributed by atoms with Gasteiger partial charge in [0.15, 0.2) is 5.69 Å². The van der Waals surface area contributed by atoms with Gasteiger partial charge in [0.2, 0.25) is 5.62 Å². The van der Waals surface area contributed by atoms with Gasteiger partial charge in [0, 0.05) is 36.8 Å². The summed E-state index contributed by atoms with van der Waals surface area (Å²) < 4.78 is 73.8. The fourth-order valence-electron chi connectivity index (χ4n) is 4.35. The Labute approximate surface area is 230 Å².